The zero-order chi connectivity index (χ0) is 15.5. The van der Waals surface area contributed by atoms with Crippen molar-refractivity contribution in [3.8, 4) is 11.1 Å². The van der Waals surface area contributed by atoms with Gasteiger partial charge in [-0.15, -0.1) is 0 Å². The number of benzene rings is 2. The third-order valence-electron chi connectivity index (χ3n) is 4.75. The molecule has 1 radical (unpaired) electrons. The van der Waals surface area contributed by atoms with Crippen LogP contribution < -0.4 is 0 Å². The fraction of sp³-hybridized carbons (Fsp3) is 0.318. The van der Waals surface area contributed by atoms with Gasteiger partial charge in [0.1, 0.15) is 0 Å². The number of hydrogen-bond acceptors (Lipinski definition) is 0. The van der Waals surface area contributed by atoms with Crippen LogP contribution in [0.5, 0.6) is 0 Å². The molecule has 0 N–H and O–H groups in total. The average molecular weight is 381 g/mol. The molecule has 0 bridgehead atoms. The summed E-state index contributed by atoms with van der Waals surface area (Å²) in [7, 11) is 0. The maximum absolute atomic E-state index is 2.37. The predicted molar refractivity (Wildman–Crippen MR) is 96.9 cm³/mol. The van der Waals surface area contributed by atoms with Gasteiger partial charge in [-0.2, -0.15) is 0 Å². The molecule has 0 heterocycles. The summed E-state index contributed by atoms with van der Waals surface area (Å²) in [5, 5.41) is 0. The topological polar surface area (TPSA) is 0 Å². The van der Waals surface area contributed by atoms with E-state index in [2.05, 4.69) is 75.7 Å². The van der Waals surface area contributed by atoms with Gasteiger partial charge >= 0.3 is 0 Å². The van der Waals surface area contributed by atoms with E-state index in [-0.39, 0.29) is 26.2 Å². The molecule has 0 aliphatic heterocycles. The van der Waals surface area contributed by atoms with Gasteiger partial charge in [-0.3, -0.25) is 0 Å². The van der Waals surface area contributed by atoms with E-state index < -0.39 is 0 Å². The molecule has 1 aliphatic carbocycles. The van der Waals surface area contributed by atoms with Crippen LogP contribution in [-0.2, 0) is 26.2 Å². The molecule has 117 valence electrons. The molecule has 0 aromatic heterocycles. The Bertz CT molecular complexity index is 680. The third-order valence-corrected chi connectivity index (χ3v) is 4.75. The molecule has 0 nitrogen and oxygen atoms in total. The van der Waals surface area contributed by atoms with Crippen LogP contribution in [0.4, 0.5) is 0 Å². The Balaban J connectivity index is 0.00000192. The van der Waals surface area contributed by atoms with E-state index in [1.807, 2.05) is 0 Å². The molecule has 0 fully saturated rings. The van der Waals surface area contributed by atoms with Gasteiger partial charge in [0.15, 0.2) is 0 Å². The van der Waals surface area contributed by atoms with Crippen molar-refractivity contribution in [3.63, 3.8) is 0 Å². The molecule has 23 heavy (non-hydrogen) atoms. The maximum Gasteiger partial charge on any atom is 0.0164 e. The van der Waals surface area contributed by atoms with Crippen molar-refractivity contribution in [2.75, 3.05) is 0 Å². The van der Waals surface area contributed by atoms with Gasteiger partial charge in [0, 0.05) is 32.6 Å². The summed E-state index contributed by atoms with van der Waals surface area (Å²) in [5.41, 5.74) is 8.34. The van der Waals surface area contributed by atoms with Crippen molar-refractivity contribution < 1.29 is 26.2 Å². The first-order valence-corrected chi connectivity index (χ1v) is 8.51. The Morgan fingerprint density at radius 3 is 2.35 bits per heavy atom. The van der Waals surface area contributed by atoms with Crippen molar-refractivity contribution in [1.29, 1.82) is 0 Å². The SMILES string of the molecule is CCCC1=Cc2c(cccc2-c2ccc(C(C)CC)cc2)[CH]1.[Zr]. The summed E-state index contributed by atoms with van der Waals surface area (Å²) >= 11 is 0. The van der Waals surface area contributed by atoms with Gasteiger partial charge in [0.2, 0.25) is 0 Å². The van der Waals surface area contributed by atoms with Crippen LogP contribution in [0.2, 0.25) is 0 Å². The Labute approximate surface area is 160 Å². The second-order valence-corrected chi connectivity index (χ2v) is 6.35. The predicted octanol–water partition coefficient (Wildman–Crippen LogP) is 6.61. The Morgan fingerprint density at radius 2 is 1.70 bits per heavy atom. The summed E-state index contributed by atoms with van der Waals surface area (Å²) in [6.07, 6.45) is 8.28. The summed E-state index contributed by atoms with van der Waals surface area (Å²) in [6, 6.07) is 15.8. The van der Waals surface area contributed by atoms with E-state index in [9.17, 15) is 0 Å². The van der Waals surface area contributed by atoms with Crippen molar-refractivity contribution in [3.05, 3.63) is 71.1 Å². The van der Waals surface area contributed by atoms with E-state index in [1.54, 1.807) is 0 Å². The molecule has 0 spiro atoms. The zero-order valence-electron chi connectivity index (χ0n) is 14.4. The molecular weight excluding hydrogens is 355 g/mol. The minimum atomic E-state index is 0. The molecule has 0 saturated heterocycles. The molecule has 3 rings (SSSR count). The first-order chi connectivity index (χ1) is 10.7. The Hall–Kier alpha value is -0.937. The number of rotatable bonds is 5. The van der Waals surface area contributed by atoms with Crippen LogP contribution in [0, 0.1) is 6.42 Å². The molecule has 2 aromatic carbocycles. The van der Waals surface area contributed by atoms with E-state index in [0.29, 0.717) is 5.92 Å². The number of fused-ring (bicyclic) bond motifs is 1. The molecule has 1 atom stereocenters. The first-order valence-electron chi connectivity index (χ1n) is 8.51. The molecule has 2 aromatic rings. The van der Waals surface area contributed by atoms with Crippen LogP contribution in [0.15, 0.2) is 48.0 Å². The minimum Gasteiger partial charge on any atom is -0.0651 e. The molecule has 1 aliphatic rings. The standard InChI is InChI=1S/C22H25.Zr/c1-4-7-17-14-20-8-6-9-21(22(20)15-17)19-12-10-18(11-13-19)16(3)5-2;/h6,8-16H,4-5,7H2,1-3H3;. The molecule has 0 saturated carbocycles. The molecular formula is C22H25Zr. The largest absolute Gasteiger partial charge is 0.0651 e. The molecule has 1 unspecified atom stereocenters. The van der Waals surface area contributed by atoms with Crippen LogP contribution in [-0.4, -0.2) is 0 Å². The van der Waals surface area contributed by atoms with Crippen molar-refractivity contribution in [2.45, 2.75) is 46.0 Å². The summed E-state index contributed by atoms with van der Waals surface area (Å²) in [5.74, 6) is 0.639. The monoisotopic (exact) mass is 379 g/mol. The molecule has 1 heteroatoms. The number of hydrogen-bond donors (Lipinski definition) is 0. The fourth-order valence-corrected chi connectivity index (χ4v) is 3.21. The minimum absolute atomic E-state index is 0. The van der Waals surface area contributed by atoms with Crippen LogP contribution in [0.25, 0.3) is 17.2 Å². The zero-order valence-corrected chi connectivity index (χ0v) is 16.9. The van der Waals surface area contributed by atoms with Crippen molar-refractivity contribution in [2.24, 2.45) is 0 Å². The van der Waals surface area contributed by atoms with Gasteiger partial charge in [-0.05, 0) is 46.6 Å². The summed E-state index contributed by atoms with van der Waals surface area (Å²) in [4.78, 5) is 0. The number of allylic oxidation sites excluding steroid dienone is 1. The normalized spacial score (nSPS) is 14.0. The average Bonchev–Trinajstić information content (AvgIpc) is 2.97. The van der Waals surface area contributed by atoms with E-state index in [0.717, 1.165) is 0 Å². The van der Waals surface area contributed by atoms with Crippen LogP contribution >= 0.6 is 0 Å². The summed E-state index contributed by atoms with van der Waals surface area (Å²) in [6.45, 7) is 6.79. The fourth-order valence-electron chi connectivity index (χ4n) is 3.21. The van der Waals surface area contributed by atoms with Crippen molar-refractivity contribution in [1.82, 2.24) is 0 Å². The second-order valence-electron chi connectivity index (χ2n) is 6.35. The van der Waals surface area contributed by atoms with Gasteiger partial charge in [0.25, 0.3) is 0 Å². The van der Waals surface area contributed by atoms with Gasteiger partial charge in [-0.25, -0.2) is 0 Å². The van der Waals surface area contributed by atoms with E-state index >= 15 is 0 Å². The first kappa shape index (κ1) is 18.4. The third kappa shape index (κ3) is 3.94. The van der Waals surface area contributed by atoms with Crippen LogP contribution in [0.3, 0.4) is 0 Å². The van der Waals surface area contributed by atoms with Crippen molar-refractivity contribution >= 4 is 6.08 Å². The quantitative estimate of drug-likeness (QED) is 0.547. The Morgan fingerprint density at radius 1 is 0.957 bits per heavy atom. The van der Waals surface area contributed by atoms with Crippen LogP contribution in [0.1, 0.15) is 62.6 Å². The smallest absolute Gasteiger partial charge is 0.0164 e. The van der Waals surface area contributed by atoms with E-state index in [4.69, 9.17) is 0 Å². The second kappa shape index (κ2) is 8.25. The van der Waals surface area contributed by atoms with Gasteiger partial charge < -0.3 is 0 Å². The summed E-state index contributed by atoms with van der Waals surface area (Å²) < 4.78 is 0. The van der Waals surface area contributed by atoms with Gasteiger partial charge in [0.05, 0.1) is 0 Å². The van der Waals surface area contributed by atoms with Gasteiger partial charge in [-0.1, -0.05) is 81.3 Å². The van der Waals surface area contributed by atoms with E-state index in [1.165, 1.54) is 52.7 Å². The Kier molecular flexibility index (Phi) is 6.60. The maximum atomic E-state index is 2.37. The molecule has 0 amide bonds.